The Morgan fingerprint density at radius 2 is 1.48 bits per heavy atom. The van der Waals surface area contributed by atoms with Crippen LogP contribution in [0.25, 0.3) is 22.1 Å². The number of rotatable bonds is 5. The number of hydrogen-bond donors (Lipinski definition) is 0. The standard InChI is InChI=1S/C25H30BNO4/c1-7-27(8-2)20-14-11-18-15-21(23(28)29-22(18)16-20)17-9-12-19(13-10-17)26-30-24(3,4)25(5,6)31-26/h9-16H,7-8H2,1-6H3. The summed E-state index contributed by atoms with van der Waals surface area (Å²) in [5, 5.41) is 0.903. The van der Waals surface area contributed by atoms with Gasteiger partial charge in [-0.3, -0.25) is 0 Å². The van der Waals surface area contributed by atoms with Gasteiger partial charge in [0.25, 0.3) is 0 Å². The van der Waals surface area contributed by atoms with Gasteiger partial charge in [0.2, 0.25) is 0 Å². The summed E-state index contributed by atoms with van der Waals surface area (Å²) in [5.41, 5.74) is 2.82. The van der Waals surface area contributed by atoms with Crippen LogP contribution >= 0.6 is 0 Å². The Kier molecular flexibility index (Phi) is 5.48. The van der Waals surface area contributed by atoms with E-state index in [-0.39, 0.29) is 16.8 Å². The molecule has 6 heteroatoms. The summed E-state index contributed by atoms with van der Waals surface area (Å²) in [5.74, 6) is 0. The van der Waals surface area contributed by atoms with Gasteiger partial charge >= 0.3 is 12.7 Å². The van der Waals surface area contributed by atoms with Crippen LogP contribution < -0.4 is 16.0 Å². The van der Waals surface area contributed by atoms with E-state index >= 15 is 0 Å². The van der Waals surface area contributed by atoms with Crippen LogP contribution in [0.3, 0.4) is 0 Å². The quantitative estimate of drug-likeness (QED) is 0.447. The van der Waals surface area contributed by atoms with Crippen LogP contribution in [0.4, 0.5) is 5.69 Å². The lowest BCUT2D eigenvalue weighted by Gasteiger charge is -2.32. The molecule has 1 aliphatic heterocycles. The Hall–Kier alpha value is -2.57. The first-order valence-electron chi connectivity index (χ1n) is 10.9. The molecule has 5 nitrogen and oxygen atoms in total. The lowest BCUT2D eigenvalue weighted by molar-refractivity contribution is 0.00578. The smallest absolute Gasteiger partial charge is 0.422 e. The predicted octanol–water partition coefficient (Wildman–Crippen LogP) is 4.61. The normalized spacial score (nSPS) is 17.3. The van der Waals surface area contributed by atoms with Crippen LogP contribution in [0.15, 0.2) is 57.7 Å². The molecule has 1 saturated heterocycles. The van der Waals surface area contributed by atoms with Crippen LogP contribution in [0, 0.1) is 0 Å². The number of fused-ring (bicyclic) bond motifs is 1. The van der Waals surface area contributed by atoms with E-state index in [0.717, 1.165) is 35.2 Å². The number of nitrogens with zero attached hydrogens (tertiary/aromatic N) is 1. The number of hydrogen-bond acceptors (Lipinski definition) is 5. The maximum Gasteiger partial charge on any atom is 0.494 e. The highest BCUT2D eigenvalue weighted by atomic mass is 16.7. The zero-order valence-corrected chi connectivity index (χ0v) is 19.2. The van der Waals surface area contributed by atoms with Crippen LogP contribution in [0.2, 0.25) is 0 Å². The van der Waals surface area contributed by atoms with Crippen LogP contribution in [-0.2, 0) is 9.31 Å². The second kappa shape index (κ2) is 7.84. The fourth-order valence-corrected chi connectivity index (χ4v) is 3.89. The summed E-state index contributed by atoms with van der Waals surface area (Å²) in [6.45, 7) is 14.2. The van der Waals surface area contributed by atoms with Crippen LogP contribution in [0.1, 0.15) is 41.5 Å². The van der Waals surface area contributed by atoms with E-state index < -0.39 is 7.12 Å². The average molecular weight is 419 g/mol. The third kappa shape index (κ3) is 3.90. The molecule has 1 fully saturated rings. The molecule has 0 saturated carbocycles. The third-order valence-electron chi connectivity index (χ3n) is 6.60. The monoisotopic (exact) mass is 419 g/mol. The van der Waals surface area contributed by atoms with Gasteiger partial charge in [0.05, 0.1) is 16.8 Å². The summed E-state index contributed by atoms with van der Waals surface area (Å²) in [7, 11) is -0.425. The van der Waals surface area contributed by atoms with Crippen molar-refractivity contribution in [2.75, 3.05) is 18.0 Å². The van der Waals surface area contributed by atoms with Crippen LogP contribution in [-0.4, -0.2) is 31.4 Å². The second-order valence-electron chi connectivity index (χ2n) is 9.05. The van der Waals surface area contributed by atoms with Gasteiger partial charge in [-0.25, -0.2) is 4.79 Å². The minimum Gasteiger partial charge on any atom is -0.422 e. The SMILES string of the molecule is CCN(CC)c1ccc2cc(-c3ccc(B4OC(C)(C)C(C)(C)O4)cc3)c(=O)oc2c1. The highest BCUT2D eigenvalue weighted by Gasteiger charge is 2.51. The second-order valence-corrected chi connectivity index (χ2v) is 9.05. The summed E-state index contributed by atoms with van der Waals surface area (Å²) < 4.78 is 17.9. The molecule has 0 N–H and O–H groups in total. The van der Waals surface area contributed by atoms with E-state index in [1.165, 1.54) is 0 Å². The van der Waals surface area contributed by atoms with Gasteiger partial charge in [0.15, 0.2) is 0 Å². The molecule has 0 unspecified atom stereocenters. The molecule has 4 rings (SSSR count). The largest absolute Gasteiger partial charge is 0.494 e. The van der Waals surface area contributed by atoms with Crippen molar-refractivity contribution in [2.24, 2.45) is 0 Å². The van der Waals surface area contributed by atoms with E-state index in [1.54, 1.807) is 0 Å². The fraction of sp³-hybridized carbons (Fsp3) is 0.400. The van der Waals surface area contributed by atoms with Crippen molar-refractivity contribution in [1.29, 1.82) is 0 Å². The molecule has 31 heavy (non-hydrogen) atoms. The Morgan fingerprint density at radius 3 is 2.06 bits per heavy atom. The van der Waals surface area contributed by atoms with E-state index in [2.05, 4.69) is 24.8 Å². The average Bonchev–Trinajstić information content (AvgIpc) is 2.95. The molecule has 0 amide bonds. The van der Waals surface area contributed by atoms with Crippen molar-refractivity contribution in [1.82, 2.24) is 0 Å². The van der Waals surface area contributed by atoms with E-state index in [1.807, 2.05) is 70.2 Å². The fourth-order valence-electron chi connectivity index (χ4n) is 3.89. The molecule has 162 valence electrons. The van der Waals surface area contributed by atoms with Gasteiger partial charge in [0.1, 0.15) is 5.58 Å². The molecular weight excluding hydrogens is 389 g/mol. The molecule has 0 bridgehead atoms. The first kappa shape index (κ1) is 21.7. The zero-order valence-electron chi connectivity index (χ0n) is 19.2. The number of anilines is 1. The lowest BCUT2D eigenvalue weighted by atomic mass is 9.78. The Labute approximate surface area is 184 Å². The minimum absolute atomic E-state index is 0.340. The first-order valence-corrected chi connectivity index (χ1v) is 10.9. The molecule has 1 aromatic heterocycles. The molecule has 1 aliphatic rings. The van der Waals surface area contributed by atoms with E-state index in [9.17, 15) is 4.79 Å². The Bertz CT molecular complexity index is 1130. The van der Waals surface area contributed by atoms with Gasteiger partial charge in [-0.1, -0.05) is 24.3 Å². The van der Waals surface area contributed by atoms with E-state index in [0.29, 0.717) is 11.1 Å². The van der Waals surface area contributed by atoms with Crippen molar-refractivity contribution in [3.05, 3.63) is 59.0 Å². The summed E-state index contributed by atoms with van der Waals surface area (Å²) in [6, 6.07) is 15.7. The molecule has 0 atom stereocenters. The van der Waals surface area contributed by atoms with Gasteiger partial charge < -0.3 is 18.6 Å². The van der Waals surface area contributed by atoms with Crippen molar-refractivity contribution in [3.63, 3.8) is 0 Å². The van der Waals surface area contributed by atoms with Crippen molar-refractivity contribution in [3.8, 4) is 11.1 Å². The summed E-state index contributed by atoms with van der Waals surface area (Å²) in [6.07, 6.45) is 0. The van der Waals surface area contributed by atoms with E-state index in [4.69, 9.17) is 13.7 Å². The predicted molar refractivity (Wildman–Crippen MR) is 127 cm³/mol. The molecular formula is C25H30BNO4. The molecule has 3 aromatic rings. The van der Waals surface area contributed by atoms with Crippen molar-refractivity contribution < 1.29 is 13.7 Å². The van der Waals surface area contributed by atoms with Crippen LogP contribution in [0.5, 0.6) is 0 Å². The third-order valence-corrected chi connectivity index (χ3v) is 6.60. The van der Waals surface area contributed by atoms with Crippen molar-refractivity contribution in [2.45, 2.75) is 52.7 Å². The van der Waals surface area contributed by atoms with Crippen molar-refractivity contribution >= 4 is 29.2 Å². The minimum atomic E-state index is -0.425. The topological polar surface area (TPSA) is 51.9 Å². The zero-order chi connectivity index (χ0) is 22.4. The maximum atomic E-state index is 12.7. The molecule has 2 aromatic carbocycles. The van der Waals surface area contributed by atoms with Gasteiger partial charge in [-0.05, 0) is 70.8 Å². The highest BCUT2D eigenvalue weighted by Crippen LogP contribution is 2.36. The first-order chi connectivity index (χ1) is 14.6. The summed E-state index contributed by atoms with van der Waals surface area (Å²) >= 11 is 0. The van der Waals surface area contributed by atoms with Gasteiger partial charge in [-0.2, -0.15) is 0 Å². The highest BCUT2D eigenvalue weighted by molar-refractivity contribution is 6.62. The molecule has 0 aliphatic carbocycles. The maximum absolute atomic E-state index is 12.7. The van der Waals surface area contributed by atoms with Gasteiger partial charge in [0, 0.05) is 30.2 Å². The molecule has 0 spiro atoms. The Balaban J connectivity index is 1.64. The Morgan fingerprint density at radius 1 is 0.871 bits per heavy atom. The number of benzene rings is 2. The molecule has 2 heterocycles. The summed E-state index contributed by atoms with van der Waals surface area (Å²) in [4.78, 5) is 15.0. The molecule has 0 radical (unpaired) electrons. The lowest BCUT2D eigenvalue weighted by Crippen LogP contribution is -2.41. The van der Waals surface area contributed by atoms with Gasteiger partial charge in [-0.15, -0.1) is 0 Å².